The Labute approximate surface area is 117 Å². The molecule has 104 valence electrons. The Balaban J connectivity index is 1.37. The van der Waals surface area contributed by atoms with Crippen LogP contribution in [0.4, 0.5) is 0 Å². The maximum atomic E-state index is 11.7. The highest BCUT2D eigenvalue weighted by Gasteiger charge is 2.26. The molecular formula is C13H19N3O2S. The molecule has 1 N–H and O–H groups in total. The van der Waals surface area contributed by atoms with Crippen molar-refractivity contribution >= 4 is 17.2 Å². The van der Waals surface area contributed by atoms with Crippen molar-refractivity contribution in [3.63, 3.8) is 0 Å². The second kappa shape index (κ2) is 5.88. The maximum absolute atomic E-state index is 11.7. The number of nitrogens with one attached hydrogen (secondary N) is 1. The van der Waals surface area contributed by atoms with Gasteiger partial charge in [0.15, 0.2) is 0 Å². The molecule has 1 aliphatic heterocycles. The third-order valence-corrected chi connectivity index (χ3v) is 4.18. The summed E-state index contributed by atoms with van der Waals surface area (Å²) < 4.78 is 5.80. The van der Waals surface area contributed by atoms with Gasteiger partial charge in [0.1, 0.15) is 6.10 Å². The van der Waals surface area contributed by atoms with Crippen molar-refractivity contribution < 1.29 is 9.53 Å². The van der Waals surface area contributed by atoms with Gasteiger partial charge in [-0.15, -0.1) is 0 Å². The zero-order chi connectivity index (χ0) is 13.1. The highest BCUT2D eigenvalue weighted by atomic mass is 32.1. The van der Waals surface area contributed by atoms with Crippen molar-refractivity contribution in [2.24, 2.45) is 0 Å². The third kappa shape index (κ3) is 3.91. The van der Waals surface area contributed by atoms with Crippen LogP contribution >= 0.6 is 11.3 Å². The van der Waals surface area contributed by atoms with Gasteiger partial charge in [0.05, 0.1) is 6.54 Å². The number of hydrogen-bond acceptors (Lipinski definition) is 5. The molecule has 1 saturated carbocycles. The molecule has 0 atom stereocenters. The highest BCUT2D eigenvalue weighted by molar-refractivity contribution is 7.11. The molecule has 1 aliphatic carbocycles. The van der Waals surface area contributed by atoms with Crippen LogP contribution in [-0.2, 0) is 4.79 Å². The van der Waals surface area contributed by atoms with Gasteiger partial charge in [-0.2, -0.15) is 0 Å². The molecule has 19 heavy (non-hydrogen) atoms. The van der Waals surface area contributed by atoms with Crippen LogP contribution in [0.5, 0.6) is 5.19 Å². The van der Waals surface area contributed by atoms with Gasteiger partial charge >= 0.3 is 0 Å². The second-order valence-electron chi connectivity index (χ2n) is 5.23. The fraction of sp³-hybridized carbons (Fsp3) is 0.692. The lowest BCUT2D eigenvalue weighted by Crippen LogP contribution is -2.44. The lowest BCUT2D eigenvalue weighted by Gasteiger charge is -2.30. The topological polar surface area (TPSA) is 54.5 Å². The Hall–Kier alpha value is -1.14. The Bertz CT molecular complexity index is 412. The van der Waals surface area contributed by atoms with Gasteiger partial charge in [-0.25, -0.2) is 4.98 Å². The average Bonchev–Trinajstić information content (AvgIpc) is 3.05. The van der Waals surface area contributed by atoms with E-state index in [0.29, 0.717) is 12.6 Å². The molecule has 1 amide bonds. The summed E-state index contributed by atoms with van der Waals surface area (Å²) in [6, 6.07) is 0.457. The lowest BCUT2D eigenvalue weighted by molar-refractivity contribution is -0.122. The SMILES string of the molecule is O=C(CN1CCC(Oc2nccs2)CC1)NC1CC1. The number of aromatic nitrogens is 1. The van der Waals surface area contributed by atoms with E-state index in [1.54, 1.807) is 6.20 Å². The van der Waals surface area contributed by atoms with Gasteiger partial charge in [-0.05, 0) is 25.7 Å². The van der Waals surface area contributed by atoms with E-state index in [9.17, 15) is 4.79 Å². The molecule has 2 aliphatic rings. The van der Waals surface area contributed by atoms with E-state index in [1.165, 1.54) is 11.3 Å². The summed E-state index contributed by atoms with van der Waals surface area (Å²) in [7, 11) is 0. The van der Waals surface area contributed by atoms with Crippen LogP contribution in [0.25, 0.3) is 0 Å². The van der Waals surface area contributed by atoms with Gasteiger partial charge in [0.25, 0.3) is 5.19 Å². The molecule has 6 heteroatoms. The number of piperidine rings is 1. The Kier molecular flexibility index (Phi) is 3.98. The number of rotatable bonds is 5. The predicted octanol–water partition coefficient (Wildman–Crippen LogP) is 1.26. The summed E-state index contributed by atoms with van der Waals surface area (Å²) in [5, 5.41) is 5.71. The van der Waals surface area contributed by atoms with E-state index < -0.39 is 0 Å². The van der Waals surface area contributed by atoms with Gasteiger partial charge < -0.3 is 10.1 Å². The first-order valence-electron chi connectivity index (χ1n) is 6.87. The molecule has 0 unspecified atom stereocenters. The largest absolute Gasteiger partial charge is 0.467 e. The monoisotopic (exact) mass is 281 g/mol. The fourth-order valence-corrected chi connectivity index (χ4v) is 2.85. The zero-order valence-electron chi connectivity index (χ0n) is 10.9. The quantitative estimate of drug-likeness (QED) is 0.883. The number of likely N-dealkylation sites (tertiary alicyclic amines) is 1. The Morgan fingerprint density at radius 2 is 2.21 bits per heavy atom. The molecule has 0 spiro atoms. The van der Waals surface area contributed by atoms with Crippen molar-refractivity contribution in [1.29, 1.82) is 0 Å². The third-order valence-electron chi connectivity index (χ3n) is 3.52. The van der Waals surface area contributed by atoms with Crippen molar-refractivity contribution in [3.8, 4) is 5.19 Å². The summed E-state index contributed by atoms with van der Waals surface area (Å²) in [5.74, 6) is 0.168. The molecule has 3 rings (SSSR count). The van der Waals surface area contributed by atoms with Gasteiger partial charge in [-0.1, -0.05) is 11.3 Å². The van der Waals surface area contributed by atoms with E-state index >= 15 is 0 Å². The Morgan fingerprint density at radius 1 is 1.42 bits per heavy atom. The maximum Gasteiger partial charge on any atom is 0.273 e. The van der Waals surface area contributed by atoms with E-state index in [2.05, 4.69) is 15.2 Å². The number of thiazole rings is 1. The van der Waals surface area contributed by atoms with Crippen LogP contribution in [0.15, 0.2) is 11.6 Å². The summed E-state index contributed by atoms with van der Waals surface area (Å²) in [6.45, 7) is 2.38. The van der Waals surface area contributed by atoms with Gasteiger partial charge in [0.2, 0.25) is 5.91 Å². The number of ether oxygens (including phenoxy) is 1. The fourth-order valence-electron chi connectivity index (χ4n) is 2.30. The van der Waals surface area contributed by atoms with Crippen LogP contribution in [0, 0.1) is 0 Å². The lowest BCUT2D eigenvalue weighted by atomic mass is 10.1. The van der Waals surface area contributed by atoms with Crippen LogP contribution in [0.2, 0.25) is 0 Å². The first kappa shape index (κ1) is 12.9. The number of carbonyl (C=O) groups is 1. The number of nitrogens with zero attached hydrogens (tertiary/aromatic N) is 2. The normalized spacial score (nSPS) is 21.3. The first-order valence-corrected chi connectivity index (χ1v) is 7.75. The molecule has 2 fully saturated rings. The molecule has 1 aromatic rings. The number of amides is 1. The molecule has 0 radical (unpaired) electrons. The van der Waals surface area contributed by atoms with E-state index in [1.807, 2.05) is 5.38 Å². The van der Waals surface area contributed by atoms with Crippen LogP contribution in [-0.4, -0.2) is 47.6 Å². The van der Waals surface area contributed by atoms with Crippen LogP contribution in [0.3, 0.4) is 0 Å². The minimum Gasteiger partial charge on any atom is -0.467 e. The average molecular weight is 281 g/mol. The summed E-state index contributed by atoms with van der Waals surface area (Å²) in [5.41, 5.74) is 0. The highest BCUT2D eigenvalue weighted by Crippen LogP contribution is 2.21. The van der Waals surface area contributed by atoms with Crippen molar-refractivity contribution in [2.75, 3.05) is 19.6 Å². The zero-order valence-corrected chi connectivity index (χ0v) is 11.7. The molecule has 1 aromatic heterocycles. The smallest absolute Gasteiger partial charge is 0.273 e. The van der Waals surface area contributed by atoms with Gasteiger partial charge in [0, 0.05) is 30.7 Å². The molecule has 1 saturated heterocycles. The number of carbonyl (C=O) groups excluding carboxylic acids is 1. The second-order valence-corrected chi connectivity index (χ2v) is 6.09. The standard InChI is InChI=1S/C13H19N3O2S/c17-12(15-10-1-2-10)9-16-6-3-11(4-7-16)18-13-14-5-8-19-13/h5,8,10-11H,1-4,6-7,9H2,(H,15,17). The molecular weight excluding hydrogens is 262 g/mol. The summed E-state index contributed by atoms with van der Waals surface area (Å²) >= 11 is 1.53. The number of hydrogen-bond donors (Lipinski definition) is 1. The van der Waals surface area contributed by atoms with E-state index in [-0.39, 0.29) is 12.0 Å². The van der Waals surface area contributed by atoms with E-state index in [0.717, 1.165) is 44.0 Å². The van der Waals surface area contributed by atoms with Crippen molar-refractivity contribution in [1.82, 2.24) is 15.2 Å². The Morgan fingerprint density at radius 3 is 2.84 bits per heavy atom. The van der Waals surface area contributed by atoms with Gasteiger partial charge in [-0.3, -0.25) is 9.69 Å². The van der Waals surface area contributed by atoms with E-state index in [4.69, 9.17) is 4.74 Å². The first-order chi connectivity index (χ1) is 9.29. The minimum absolute atomic E-state index is 0.168. The summed E-state index contributed by atoms with van der Waals surface area (Å²) in [4.78, 5) is 18.1. The molecule has 0 aromatic carbocycles. The minimum atomic E-state index is 0.168. The summed E-state index contributed by atoms with van der Waals surface area (Å²) in [6.07, 6.45) is 6.24. The predicted molar refractivity (Wildman–Crippen MR) is 73.4 cm³/mol. The molecule has 0 bridgehead atoms. The van der Waals surface area contributed by atoms with Crippen LogP contribution < -0.4 is 10.1 Å². The van der Waals surface area contributed by atoms with Crippen LogP contribution in [0.1, 0.15) is 25.7 Å². The van der Waals surface area contributed by atoms with Crippen molar-refractivity contribution in [3.05, 3.63) is 11.6 Å². The van der Waals surface area contributed by atoms with Crippen molar-refractivity contribution in [2.45, 2.75) is 37.8 Å². The molecule has 5 nitrogen and oxygen atoms in total. The molecule has 2 heterocycles.